The van der Waals surface area contributed by atoms with E-state index in [9.17, 15) is 12.8 Å². The molecule has 13 heteroatoms. The summed E-state index contributed by atoms with van der Waals surface area (Å²) in [5.74, 6) is 0.124. The van der Waals surface area contributed by atoms with Crippen LogP contribution in [0.5, 0.6) is 5.75 Å². The Morgan fingerprint density at radius 3 is 2.88 bits per heavy atom. The molecule has 2 fully saturated rings. The first-order valence-corrected chi connectivity index (χ1v) is 12.0. The fourth-order valence-electron chi connectivity index (χ4n) is 4.03. The highest BCUT2D eigenvalue weighted by atomic mass is 32.2. The van der Waals surface area contributed by atoms with Crippen molar-refractivity contribution in [3.63, 3.8) is 0 Å². The van der Waals surface area contributed by atoms with E-state index in [-0.39, 0.29) is 34.7 Å². The minimum atomic E-state index is -3.49. The minimum Gasteiger partial charge on any atom is -0.493 e. The number of piperidine rings is 1. The highest BCUT2D eigenvalue weighted by Gasteiger charge is 2.33. The van der Waals surface area contributed by atoms with E-state index in [2.05, 4.69) is 30.7 Å². The normalized spacial score (nSPS) is 20.6. The Kier molecular flexibility index (Phi) is 5.29. The number of rotatable bonds is 5. The number of methoxy groups -OCH3 is 1. The van der Waals surface area contributed by atoms with E-state index in [4.69, 9.17) is 4.74 Å². The van der Waals surface area contributed by atoms with E-state index >= 15 is 0 Å². The lowest BCUT2D eigenvalue weighted by Gasteiger charge is -2.23. The largest absolute Gasteiger partial charge is 0.493 e. The Labute approximate surface area is 184 Å². The number of sulfonamides is 1. The van der Waals surface area contributed by atoms with Gasteiger partial charge in [-0.05, 0) is 25.8 Å². The average molecular weight is 463 g/mol. The van der Waals surface area contributed by atoms with Gasteiger partial charge in [-0.25, -0.2) is 36.6 Å². The van der Waals surface area contributed by atoms with Crippen LogP contribution in [0.2, 0.25) is 0 Å². The first kappa shape index (κ1) is 20.8. The van der Waals surface area contributed by atoms with E-state index in [1.165, 1.54) is 22.1 Å². The van der Waals surface area contributed by atoms with Crippen molar-refractivity contribution in [3.05, 3.63) is 24.3 Å². The second kappa shape index (κ2) is 8.13. The molecular weight excluding hydrogens is 439 g/mol. The summed E-state index contributed by atoms with van der Waals surface area (Å²) in [6.45, 7) is 2.05. The van der Waals surface area contributed by atoms with Crippen LogP contribution in [0, 0.1) is 5.82 Å². The Hall–Kier alpha value is -3.06. The zero-order chi connectivity index (χ0) is 22.3. The number of anilines is 2. The molecule has 0 aliphatic carbocycles. The topological polar surface area (TPSA) is 127 Å². The van der Waals surface area contributed by atoms with Gasteiger partial charge in [-0.15, -0.1) is 5.10 Å². The van der Waals surface area contributed by atoms with Gasteiger partial charge in [-0.1, -0.05) is 0 Å². The van der Waals surface area contributed by atoms with Gasteiger partial charge in [0.05, 0.1) is 25.3 Å². The van der Waals surface area contributed by atoms with Gasteiger partial charge >= 0.3 is 0 Å². The summed E-state index contributed by atoms with van der Waals surface area (Å²) in [6, 6.07) is 1.73. The quantitative estimate of drug-likeness (QED) is 0.572. The van der Waals surface area contributed by atoms with Crippen LogP contribution in [0.25, 0.3) is 17.0 Å². The maximum atomic E-state index is 14.7. The molecule has 1 unspecified atom stereocenters. The predicted octanol–water partition coefficient (Wildman–Crippen LogP) is 1.04. The summed E-state index contributed by atoms with van der Waals surface area (Å²) >= 11 is 0. The van der Waals surface area contributed by atoms with Crippen LogP contribution in [0.3, 0.4) is 0 Å². The highest BCUT2D eigenvalue weighted by Crippen LogP contribution is 2.33. The molecule has 170 valence electrons. The van der Waals surface area contributed by atoms with Crippen molar-refractivity contribution in [2.45, 2.75) is 25.3 Å². The Bertz CT molecular complexity index is 1260. The molecule has 2 saturated heterocycles. The van der Waals surface area contributed by atoms with E-state index in [0.717, 1.165) is 32.1 Å². The first-order chi connectivity index (χ1) is 15.5. The van der Waals surface area contributed by atoms with Gasteiger partial charge in [0.1, 0.15) is 11.4 Å². The lowest BCUT2D eigenvalue weighted by atomic mass is 10.1. The highest BCUT2D eigenvalue weighted by molar-refractivity contribution is 7.93. The smallest absolute Gasteiger partial charge is 0.236 e. The van der Waals surface area contributed by atoms with Gasteiger partial charge in [0.15, 0.2) is 17.2 Å². The van der Waals surface area contributed by atoms with Crippen LogP contribution in [0.15, 0.2) is 18.5 Å². The molecule has 3 aromatic rings. The molecule has 5 rings (SSSR count). The molecule has 2 aliphatic rings. The number of aromatic nitrogens is 5. The van der Waals surface area contributed by atoms with Crippen molar-refractivity contribution in [1.82, 2.24) is 29.9 Å². The monoisotopic (exact) mass is 462 g/mol. The first-order valence-electron chi connectivity index (χ1n) is 10.4. The summed E-state index contributed by atoms with van der Waals surface area (Å²) < 4.78 is 47.6. The minimum absolute atomic E-state index is 0.0201. The zero-order valence-corrected chi connectivity index (χ0v) is 18.3. The maximum Gasteiger partial charge on any atom is 0.236 e. The van der Waals surface area contributed by atoms with Crippen molar-refractivity contribution in [2.75, 3.05) is 42.1 Å². The molecule has 0 aromatic carbocycles. The van der Waals surface area contributed by atoms with E-state index in [1.807, 2.05) is 0 Å². The molecule has 0 spiro atoms. The Balaban J connectivity index is 1.57. The second-order valence-corrected chi connectivity index (χ2v) is 9.78. The third kappa shape index (κ3) is 3.71. The molecule has 1 atom stereocenters. The third-order valence-corrected chi connectivity index (χ3v) is 7.44. The lowest BCUT2D eigenvalue weighted by molar-refractivity contribution is 0.413. The molecule has 0 radical (unpaired) electrons. The van der Waals surface area contributed by atoms with E-state index in [1.54, 1.807) is 6.07 Å². The fraction of sp³-hybridized carbons (Fsp3) is 0.474. The molecule has 3 aromatic heterocycles. The molecule has 0 amide bonds. The summed E-state index contributed by atoms with van der Waals surface area (Å²) in [5, 5.41) is 11.0. The van der Waals surface area contributed by atoms with Gasteiger partial charge in [0.25, 0.3) is 0 Å². The van der Waals surface area contributed by atoms with Crippen molar-refractivity contribution in [1.29, 1.82) is 0 Å². The van der Waals surface area contributed by atoms with Crippen LogP contribution < -0.4 is 19.7 Å². The molecule has 0 saturated carbocycles. The van der Waals surface area contributed by atoms with Gasteiger partial charge in [0, 0.05) is 25.2 Å². The Morgan fingerprint density at radius 2 is 2.16 bits per heavy atom. The zero-order valence-electron chi connectivity index (χ0n) is 17.5. The molecule has 11 nitrogen and oxygen atoms in total. The summed E-state index contributed by atoms with van der Waals surface area (Å²) in [4.78, 5) is 12.7. The van der Waals surface area contributed by atoms with Crippen LogP contribution in [-0.2, 0) is 10.0 Å². The number of nitrogens with zero attached hydrogens (tertiary/aromatic N) is 6. The van der Waals surface area contributed by atoms with Crippen molar-refractivity contribution in [2.24, 2.45) is 0 Å². The molecular formula is C19H23FN8O3S. The average Bonchev–Trinajstić information content (AvgIpc) is 3.36. The van der Waals surface area contributed by atoms with Gasteiger partial charge < -0.3 is 15.4 Å². The second-order valence-electron chi connectivity index (χ2n) is 7.77. The van der Waals surface area contributed by atoms with Crippen LogP contribution >= 0.6 is 0 Å². The van der Waals surface area contributed by atoms with Gasteiger partial charge in [-0.3, -0.25) is 0 Å². The standard InChI is InChI=1S/C19H23FN8O3S/c1-31-15-8-16-22-11-14(28(16)26-18(15)27-6-3-7-32(27,29)30)17-13(20)10-23-19(25-17)24-12-4-2-5-21-9-12/h8,10-12,21H,2-7,9H2,1H3,(H,23,24,25). The SMILES string of the molecule is COc1cc2ncc(-c3nc(NC4CCCNC4)ncc3F)n2nc1N1CCCS1(=O)=O. The van der Waals surface area contributed by atoms with E-state index in [0.29, 0.717) is 24.6 Å². The fourth-order valence-corrected chi connectivity index (χ4v) is 5.54. The van der Waals surface area contributed by atoms with Crippen molar-refractivity contribution >= 4 is 27.4 Å². The summed E-state index contributed by atoms with van der Waals surface area (Å²) in [5.41, 5.74) is 0.679. The van der Waals surface area contributed by atoms with Crippen molar-refractivity contribution in [3.8, 4) is 17.1 Å². The predicted molar refractivity (Wildman–Crippen MR) is 116 cm³/mol. The summed E-state index contributed by atoms with van der Waals surface area (Å²) in [6.07, 6.45) is 5.05. The molecule has 5 heterocycles. The van der Waals surface area contributed by atoms with Crippen LogP contribution in [-0.4, -0.2) is 71.5 Å². The molecule has 2 aliphatic heterocycles. The van der Waals surface area contributed by atoms with E-state index < -0.39 is 15.8 Å². The Morgan fingerprint density at radius 1 is 1.28 bits per heavy atom. The molecule has 2 N–H and O–H groups in total. The summed E-state index contributed by atoms with van der Waals surface area (Å²) in [7, 11) is -2.06. The number of halogens is 1. The van der Waals surface area contributed by atoms with Crippen molar-refractivity contribution < 1.29 is 17.5 Å². The molecule has 0 bridgehead atoms. The number of hydrogen-bond donors (Lipinski definition) is 2. The third-order valence-electron chi connectivity index (χ3n) is 5.61. The number of fused-ring (bicyclic) bond motifs is 1. The number of nitrogens with one attached hydrogen (secondary N) is 2. The maximum absolute atomic E-state index is 14.7. The number of ether oxygens (including phenoxy) is 1. The van der Waals surface area contributed by atoms with Gasteiger partial charge in [-0.2, -0.15) is 0 Å². The van der Waals surface area contributed by atoms with Crippen LogP contribution in [0.4, 0.5) is 16.2 Å². The molecule has 32 heavy (non-hydrogen) atoms. The number of hydrogen-bond acceptors (Lipinski definition) is 9. The van der Waals surface area contributed by atoms with Gasteiger partial charge in [0.2, 0.25) is 21.8 Å². The van der Waals surface area contributed by atoms with Crippen LogP contribution in [0.1, 0.15) is 19.3 Å². The lowest BCUT2D eigenvalue weighted by Crippen LogP contribution is -2.38. The number of imidazole rings is 1.